The summed E-state index contributed by atoms with van der Waals surface area (Å²) in [5.41, 5.74) is 1.17. The van der Waals surface area contributed by atoms with Crippen LogP contribution < -0.4 is 5.32 Å². The number of hydrogen-bond donors (Lipinski definition) is 1. The van der Waals surface area contributed by atoms with E-state index in [0.29, 0.717) is 30.2 Å². The Hall–Kier alpha value is -3.44. The van der Waals surface area contributed by atoms with Crippen molar-refractivity contribution in [3.05, 3.63) is 65.7 Å². The van der Waals surface area contributed by atoms with Crippen LogP contribution in [0.5, 0.6) is 0 Å². The number of carbonyl (C=O) groups is 1. The third-order valence-electron chi connectivity index (χ3n) is 5.58. The zero-order chi connectivity index (χ0) is 24.1. The average molecular weight is 485 g/mol. The molecule has 0 atom stereocenters. The third kappa shape index (κ3) is 5.37. The zero-order valence-electron chi connectivity index (χ0n) is 18.7. The SMILES string of the molecule is Cc1nnnn1-c1cc(NC(=O)/C=C/c2ccc(S(=O)(=O)N3CCCCCC3)cc2)ccc1F. The van der Waals surface area contributed by atoms with Gasteiger partial charge in [0.2, 0.25) is 15.9 Å². The minimum Gasteiger partial charge on any atom is -0.322 e. The fourth-order valence-corrected chi connectivity index (χ4v) is 5.26. The van der Waals surface area contributed by atoms with E-state index in [0.717, 1.165) is 25.7 Å². The lowest BCUT2D eigenvalue weighted by Crippen LogP contribution is -2.31. The Balaban J connectivity index is 1.42. The van der Waals surface area contributed by atoms with Gasteiger partial charge >= 0.3 is 0 Å². The molecule has 1 fully saturated rings. The smallest absolute Gasteiger partial charge is 0.248 e. The lowest BCUT2D eigenvalue weighted by molar-refractivity contribution is -0.111. The van der Waals surface area contributed by atoms with Crippen molar-refractivity contribution in [3.8, 4) is 5.69 Å². The van der Waals surface area contributed by atoms with Crippen LogP contribution in [0, 0.1) is 12.7 Å². The van der Waals surface area contributed by atoms with Crippen molar-refractivity contribution in [2.24, 2.45) is 0 Å². The number of nitrogens with one attached hydrogen (secondary N) is 1. The minimum atomic E-state index is -3.52. The number of sulfonamides is 1. The molecule has 2 heterocycles. The van der Waals surface area contributed by atoms with Crippen LogP contribution in [0.3, 0.4) is 0 Å². The lowest BCUT2D eigenvalue weighted by atomic mass is 10.2. The van der Waals surface area contributed by atoms with Crippen LogP contribution in [0.2, 0.25) is 0 Å². The molecule has 0 aliphatic carbocycles. The van der Waals surface area contributed by atoms with E-state index >= 15 is 0 Å². The topological polar surface area (TPSA) is 110 Å². The standard InChI is InChI=1S/C23H25FN6O3S/c1-17-26-27-28-30(17)22-16-19(9-12-21(22)24)25-23(31)13-8-18-6-10-20(11-7-18)34(32,33)29-14-4-2-3-5-15-29/h6-13,16H,2-5,14-15H2,1H3,(H,25,31)/b13-8+. The summed E-state index contributed by atoms with van der Waals surface area (Å²) in [7, 11) is -3.52. The van der Waals surface area contributed by atoms with Crippen molar-refractivity contribution in [3.63, 3.8) is 0 Å². The molecule has 3 aromatic rings. The predicted octanol–water partition coefficient (Wildman–Crippen LogP) is 3.33. The number of anilines is 1. The Bertz CT molecular complexity index is 1300. The molecule has 1 N–H and O–H groups in total. The number of rotatable bonds is 6. The van der Waals surface area contributed by atoms with Crippen molar-refractivity contribution >= 4 is 27.7 Å². The van der Waals surface area contributed by atoms with E-state index < -0.39 is 21.7 Å². The van der Waals surface area contributed by atoms with Gasteiger partial charge in [-0.15, -0.1) is 5.10 Å². The predicted molar refractivity (Wildman–Crippen MR) is 125 cm³/mol. The van der Waals surface area contributed by atoms with Gasteiger partial charge in [-0.25, -0.2) is 12.8 Å². The minimum absolute atomic E-state index is 0.116. The molecule has 0 spiro atoms. The number of benzene rings is 2. The van der Waals surface area contributed by atoms with E-state index in [9.17, 15) is 17.6 Å². The van der Waals surface area contributed by atoms with Gasteiger partial charge in [0.15, 0.2) is 5.82 Å². The molecule has 1 amide bonds. The highest BCUT2D eigenvalue weighted by atomic mass is 32.2. The molecule has 34 heavy (non-hydrogen) atoms. The van der Waals surface area contributed by atoms with Gasteiger partial charge in [-0.2, -0.15) is 8.99 Å². The van der Waals surface area contributed by atoms with Crippen molar-refractivity contribution in [1.29, 1.82) is 0 Å². The van der Waals surface area contributed by atoms with Gasteiger partial charge in [-0.05, 0) is 72.2 Å². The first-order chi connectivity index (χ1) is 16.3. The summed E-state index contributed by atoms with van der Waals surface area (Å²) in [5, 5.41) is 13.7. The summed E-state index contributed by atoms with van der Waals surface area (Å²) in [6.45, 7) is 2.72. The van der Waals surface area contributed by atoms with Gasteiger partial charge in [-0.3, -0.25) is 4.79 Å². The van der Waals surface area contributed by atoms with Gasteiger partial charge in [0.1, 0.15) is 11.5 Å². The Morgan fingerprint density at radius 2 is 1.76 bits per heavy atom. The Labute approximate surface area is 197 Å². The van der Waals surface area contributed by atoms with Gasteiger partial charge in [0.05, 0.1) is 4.90 Å². The summed E-state index contributed by atoms with van der Waals surface area (Å²) < 4.78 is 42.7. The molecule has 1 aliphatic heterocycles. The van der Waals surface area contributed by atoms with Crippen molar-refractivity contribution in [1.82, 2.24) is 24.5 Å². The number of aryl methyl sites for hydroxylation is 1. The average Bonchev–Trinajstić information content (AvgIpc) is 3.07. The van der Waals surface area contributed by atoms with Crippen LogP contribution in [0.4, 0.5) is 10.1 Å². The lowest BCUT2D eigenvalue weighted by Gasteiger charge is -2.19. The van der Waals surface area contributed by atoms with Gasteiger partial charge in [0.25, 0.3) is 0 Å². The van der Waals surface area contributed by atoms with Crippen LogP contribution in [-0.4, -0.2) is 51.9 Å². The zero-order valence-corrected chi connectivity index (χ0v) is 19.5. The van der Waals surface area contributed by atoms with Crippen LogP contribution in [-0.2, 0) is 14.8 Å². The second kappa shape index (κ2) is 10.2. The summed E-state index contributed by atoms with van der Waals surface area (Å²) in [5.74, 6) is -0.546. The summed E-state index contributed by atoms with van der Waals surface area (Å²) in [6, 6.07) is 10.5. The van der Waals surface area contributed by atoms with Crippen molar-refractivity contribution < 1.29 is 17.6 Å². The van der Waals surface area contributed by atoms with E-state index in [2.05, 4.69) is 20.8 Å². The molecule has 2 aromatic carbocycles. The fraction of sp³-hybridized carbons (Fsp3) is 0.304. The molecule has 9 nitrogen and oxygen atoms in total. The van der Waals surface area contributed by atoms with Gasteiger partial charge in [-0.1, -0.05) is 25.0 Å². The first-order valence-electron chi connectivity index (χ1n) is 11.0. The molecular weight excluding hydrogens is 459 g/mol. The summed E-state index contributed by atoms with van der Waals surface area (Å²) in [6.07, 6.45) is 6.75. The normalized spacial score (nSPS) is 15.4. The maximum Gasteiger partial charge on any atom is 0.248 e. The van der Waals surface area contributed by atoms with E-state index in [-0.39, 0.29) is 10.6 Å². The molecule has 1 saturated heterocycles. The highest BCUT2D eigenvalue weighted by molar-refractivity contribution is 7.89. The third-order valence-corrected chi connectivity index (χ3v) is 7.49. The summed E-state index contributed by atoms with van der Waals surface area (Å²) in [4.78, 5) is 12.6. The van der Waals surface area contributed by atoms with Crippen LogP contribution >= 0.6 is 0 Å². The molecule has 1 aliphatic rings. The van der Waals surface area contributed by atoms with E-state index in [1.165, 1.54) is 29.0 Å². The maximum atomic E-state index is 14.2. The number of amides is 1. The molecule has 0 radical (unpaired) electrons. The maximum absolute atomic E-state index is 14.2. The molecule has 1 aromatic heterocycles. The molecule has 0 bridgehead atoms. The van der Waals surface area contributed by atoms with Crippen LogP contribution in [0.25, 0.3) is 11.8 Å². The molecule has 0 saturated carbocycles. The van der Waals surface area contributed by atoms with Crippen LogP contribution in [0.1, 0.15) is 37.1 Å². The number of carbonyl (C=O) groups excluding carboxylic acids is 1. The molecule has 0 unspecified atom stereocenters. The Morgan fingerprint density at radius 3 is 2.41 bits per heavy atom. The fourth-order valence-electron chi connectivity index (χ4n) is 3.74. The second-order valence-electron chi connectivity index (χ2n) is 8.01. The van der Waals surface area contributed by atoms with E-state index in [4.69, 9.17) is 0 Å². The number of halogens is 1. The van der Waals surface area contributed by atoms with Crippen molar-refractivity contribution in [2.75, 3.05) is 18.4 Å². The van der Waals surface area contributed by atoms with Crippen molar-refractivity contribution in [2.45, 2.75) is 37.5 Å². The van der Waals surface area contributed by atoms with Crippen LogP contribution in [0.15, 0.2) is 53.4 Å². The summed E-state index contributed by atoms with van der Waals surface area (Å²) >= 11 is 0. The number of nitrogens with zero attached hydrogens (tertiary/aromatic N) is 5. The number of tetrazole rings is 1. The Kier molecular flexibility index (Phi) is 7.13. The van der Waals surface area contributed by atoms with Gasteiger partial charge < -0.3 is 5.32 Å². The first kappa shape index (κ1) is 23.7. The highest BCUT2D eigenvalue weighted by Gasteiger charge is 2.24. The van der Waals surface area contributed by atoms with E-state index in [1.807, 2.05) is 0 Å². The first-order valence-corrected chi connectivity index (χ1v) is 12.4. The number of hydrogen-bond acceptors (Lipinski definition) is 6. The monoisotopic (exact) mass is 484 g/mol. The largest absolute Gasteiger partial charge is 0.322 e. The van der Waals surface area contributed by atoms with Gasteiger partial charge in [0, 0.05) is 24.9 Å². The molecule has 11 heteroatoms. The highest BCUT2D eigenvalue weighted by Crippen LogP contribution is 2.21. The quantitative estimate of drug-likeness (QED) is 0.538. The van der Waals surface area contributed by atoms with E-state index in [1.54, 1.807) is 41.6 Å². The Morgan fingerprint density at radius 1 is 1.06 bits per heavy atom. The molecule has 178 valence electrons. The molecule has 4 rings (SSSR count). The second-order valence-corrected chi connectivity index (χ2v) is 9.95. The number of aromatic nitrogens is 4. The molecular formula is C23H25FN6O3S.